The molecular weight excluding hydrogens is 404 g/mol. The lowest BCUT2D eigenvalue weighted by Crippen LogP contribution is -1.97. The van der Waals surface area contributed by atoms with Crippen LogP contribution in [0, 0.1) is 0 Å². The van der Waals surface area contributed by atoms with Gasteiger partial charge >= 0.3 is 0 Å². The molecule has 0 radical (unpaired) electrons. The molecule has 3 aromatic carbocycles. The fourth-order valence-electron chi connectivity index (χ4n) is 3.24. The quantitative estimate of drug-likeness (QED) is 0.315. The molecule has 31 heavy (non-hydrogen) atoms. The standard InChI is InChI=1S/C25H20N4OS/c1-3-7-19(8-4-1)17-30-22-13-11-21(12-14-22)23-15-16-26-24-27-25(28-29(23)24)31-18-20-9-5-2-6-10-20/h1-16H,17-18H2. The molecule has 5 rings (SSSR count). The second kappa shape index (κ2) is 9.02. The van der Waals surface area contributed by atoms with E-state index in [1.54, 1.807) is 22.5 Å². The van der Waals surface area contributed by atoms with Crippen molar-refractivity contribution in [3.05, 3.63) is 108 Å². The highest BCUT2D eigenvalue weighted by atomic mass is 32.2. The monoisotopic (exact) mass is 424 g/mol. The Bertz CT molecular complexity index is 1270. The Kier molecular flexibility index (Phi) is 5.62. The topological polar surface area (TPSA) is 52.3 Å². The van der Waals surface area contributed by atoms with Crippen molar-refractivity contribution >= 4 is 17.5 Å². The van der Waals surface area contributed by atoms with E-state index in [4.69, 9.17) is 4.74 Å². The van der Waals surface area contributed by atoms with Gasteiger partial charge in [-0.1, -0.05) is 72.4 Å². The van der Waals surface area contributed by atoms with Crippen molar-refractivity contribution < 1.29 is 4.74 Å². The largest absolute Gasteiger partial charge is 0.489 e. The number of benzene rings is 3. The van der Waals surface area contributed by atoms with E-state index >= 15 is 0 Å². The second-order valence-corrected chi connectivity index (χ2v) is 7.95. The van der Waals surface area contributed by atoms with Gasteiger partial charge in [-0.25, -0.2) is 4.98 Å². The Labute approximate surface area is 184 Å². The predicted molar refractivity (Wildman–Crippen MR) is 123 cm³/mol. The molecule has 0 N–H and O–H groups in total. The van der Waals surface area contributed by atoms with Crippen molar-refractivity contribution in [3.63, 3.8) is 0 Å². The van der Waals surface area contributed by atoms with Gasteiger partial charge in [-0.15, -0.1) is 5.10 Å². The lowest BCUT2D eigenvalue weighted by atomic mass is 10.1. The van der Waals surface area contributed by atoms with Crippen molar-refractivity contribution in [2.24, 2.45) is 0 Å². The van der Waals surface area contributed by atoms with Crippen molar-refractivity contribution in [2.45, 2.75) is 17.5 Å². The molecule has 5 aromatic rings. The van der Waals surface area contributed by atoms with Gasteiger partial charge in [-0.05, 0) is 41.5 Å². The molecule has 5 nitrogen and oxygen atoms in total. The first-order chi connectivity index (χ1) is 15.3. The molecule has 0 saturated heterocycles. The first-order valence-electron chi connectivity index (χ1n) is 10.0. The van der Waals surface area contributed by atoms with E-state index in [2.05, 4.69) is 39.3 Å². The van der Waals surface area contributed by atoms with E-state index in [1.165, 1.54) is 5.56 Å². The number of hydrogen-bond donors (Lipinski definition) is 0. The predicted octanol–water partition coefficient (Wildman–Crippen LogP) is 5.66. The van der Waals surface area contributed by atoms with E-state index in [-0.39, 0.29) is 0 Å². The summed E-state index contributed by atoms with van der Waals surface area (Å²) in [6.07, 6.45) is 1.77. The van der Waals surface area contributed by atoms with Crippen LogP contribution in [-0.4, -0.2) is 19.6 Å². The summed E-state index contributed by atoms with van der Waals surface area (Å²) in [4.78, 5) is 8.95. The third kappa shape index (κ3) is 4.59. The van der Waals surface area contributed by atoms with E-state index in [1.807, 2.05) is 66.7 Å². The summed E-state index contributed by atoms with van der Waals surface area (Å²) in [6.45, 7) is 0.546. The average molecular weight is 425 g/mol. The molecule has 152 valence electrons. The van der Waals surface area contributed by atoms with Gasteiger partial charge in [0.2, 0.25) is 5.16 Å². The first kappa shape index (κ1) is 19.3. The van der Waals surface area contributed by atoms with E-state index in [0.717, 1.165) is 28.3 Å². The van der Waals surface area contributed by atoms with Crippen molar-refractivity contribution in [2.75, 3.05) is 0 Å². The van der Waals surface area contributed by atoms with Gasteiger partial charge in [-0.2, -0.15) is 9.50 Å². The zero-order valence-electron chi connectivity index (χ0n) is 16.8. The summed E-state index contributed by atoms with van der Waals surface area (Å²) < 4.78 is 7.70. The van der Waals surface area contributed by atoms with E-state index in [9.17, 15) is 0 Å². The number of ether oxygens (including phenoxy) is 1. The lowest BCUT2D eigenvalue weighted by Gasteiger charge is -2.08. The van der Waals surface area contributed by atoms with Gasteiger partial charge in [-0.3, -0.25) is 0 Å². The zero-order chi connectivity index (χ0) is 20.9. The third-order valence-electron chi connectivity index (χ3n) is 4.83. The molecule has 6 heteroatoms. The molecule has 0 aliphatic carbocycles. The van der Waals surface area contributed by atoms with Crippen LogP contribution in [0.4, 0.5) is 0 Å². The molecule has 0 spiro atoms. The van der Waals surface area contributed by atoms with Crippen LogP contribution in [0.1, 0.15) is 11.1 Å². The SMILES string of the molecule is c1ccc(COc2ccc(-c3ccnc4nc(SCc5ccccc5)nn34)cc2)cc1. The first-order valence-corrected chi connectivity index (χ1v) is 11.0. The molecule has 2 heterocycles. The molecular formula is C25H20N4OS. The van der Waals surface area contributed by atoms with Gasteiger partial charge in [0, 0.05) is 17.5 Å². The maximum absolute atomic E-state index is 5.90. The van der Waals surface area contributed by atoms with Gasteiger partial charge in [0.25, 0.3) is 5.78 Å². The number of fused-ring (bicyclic) bond motifs is 1. The summed E-state index contributed by atoms with van der Waals surface area (Å²) >= 11 is 1.61. The van der Waals surface area contributed by atoms with Gasteiger partial charge in [0.05, 0.1) is 5.69 Å². The number of thioether (sulfide) groups is 1. The molecule has 0 aliphatic heterocycles. The van der Waals surface area contributed by atoms with Crippen LogP contribution in [-0.2, 0) is 12.4 Å². The molecule has 0 saturated carbocycles. The number of hydrogen-bond acceptors (Lipinski definition) is 5. The van der Waals surface area contributed by atoms with Gasteiger partial charge in [0.1, 0.15) is 12.4 Å². The summed E-state index contributed by atoms with van der Waals surface area (Å²) in [6, 6.07) is 30.4. The van der Waals surface area contributed by atoms with Gasteiger partial charge < -0.3 is 4.74 Å². The maximum Gasteiger partial charge on any atom is 0.253 e. The Morgan fingerprint density at radius 3 is 2.23 bits per heavy atom. The van der Waals surface area contributed by atoms with Crippen LogP contribution >= 0.6 is 11.8 Å². The normalized spacial score (nSPS) is 11.0. The van der Waals surface area contributed by atoms with Crippen LogP contribution < -0.4 is 4.74 Å². The highest BCUT2D eigenvalue weighted by Crippen LogP contribution is 2.25. The fraction of sp³-hybridized carbons (Fsp3) is 0.0800. The number of nitrogens with zero attached hydrogens (tertiary/aromatic N) is 4. The summed E-state index contributed by atoms with van der Waals surface area (Å²) in [5, 5.41) is 5.39. The van der Waals surface area contributed by atoms with Crippen LogP contribution in [0.25, 0.3) is 17.0 Å². The average Bonchev–Trinajstić information content (AvgIpc) is 3.26. The van der Waals surface area contributed by atoms with Crippen LogP contribution in [0.5, 0.6) is 5.75 Å². The Morgan fingerprint density at radius 1 is 0.774 bits per heavy atom. The third-order valence-corrected chi connectivity index (χ3v) is 5.74. The highest BCUT2D eigenvalue weighted by Gasteiger charge is 2.11. The summed E-state index contributed by atoms with van der Waals surface area (Å²) in [5.41, 5.74) is 4.36. The lowest BCUT2D eigenvalue weighted by molar-refractivity contribution is 0.306. The molecule has 0 aliphatic rings. The molecule has 0 atom stereocenters. The molecule has 0 amide bonds. The van der Waals surface area contributed by atoms with Crippen molar-refractivity contribution in [3.8, 4) is 17.0 Å². The van der Waals surface area contributed by atoms with Crippen molar-refractivity contribution in [1.82, 2.24) is 19.6 Å². The number of rotatable bonds is 7. The Balaban J connectivity index is 1.33. The summed E-state index contributed by atoms with van der Waals surface area (Å²) in [7, 11) is 0. The molecule has 0 unspecified atom stereocenters. The van der Waals surface area contributed by atoms with E-state index in [0.29, 0.717) is 17.5 Å². The summed E-state index contributed by atoms with van der Waals surface area (Å²) in [5.74, 6) is 2.24. The van der Waals surface area contributed by atoms with Crippen LogP contribution in [0.2, 0.25) is 0 Å². The molecule has 0 bridgehead atoms. The maximum atomic E-state index is 5.90. The minimum atomic E-state index is 0.546. The van der Waals surface area contributed by atoms with Crippen LogP contribution in [0.15, 0.2) is 102 Å². The van der Waals surface area contributed by atoms with Crippen LogP contribution in [0.3, 0.4) is 0 Å². The van der Waals surface area contributed by atoms with Gasteiger partial charge in [0.15, 0.2) is 0 Å². The number of aromatic nitrogens is 4. The molecule has 0 fully saturated rings. The van der Waals surface area contributed by atoms with Crippen molar-refractivity contribution in [1.29, 1.82) is 0 Å². The smallest absolute Gasteiger partial charge is 0.253 e. The highest BCUT2D eigenvalue weighted by molar-refractivity contribution is 7.98. The second-order valence-electron chi connectivity index (χ2n) is 7.01. The molecule has 2 aromatic heterocycles. The fourth-order valence-corrected chi connectivity index (χ4v) is 4.01. The zero-order valence-corrected chi connectivity index (χ0v) is 17.6. The Morgan fingerprint density at radius 2 is 1.48 bits per heavy atom. The minimum Gasteiger partial charge on any atom is -0.489 e. The Hall–Kier alpha value is -3.64. The van der Waals surface area contributed by atoms with E-state index < -0.39 is 0 Å². The minimum absolute atomic E-state index is 0.546.